The first kappa shape index (κ1) is 21.1. The van der Waals surface area contributed by atoms with E-state index in [1.165, 1.54) is 0 Å². The Morgan fingerprint density at radius 1 is 1.07 bits per heavy atom. The van der Waals surface area contributed by atoms with Gasteiger partial charge in [0.15, 0.2) is 0 Å². The molecule has 27 heavy (non-hydrogen) atoms. The molecule has 0 radical (unpaired) electrons. The van der Waals surface area contributed by atoms with Gasteiger partial charge < -0.3 is 20.4 Å². The molecule has 0 bridgehead atoms. The van der Waals surface area contributed by atoms with Crippen LogP contribution < -0.4 is 15.5 Å². The summed E-state index contributed by atoms with van der Waals surface area (Å²) >= 11 is 0. The Kier molecular flexibility index (Phi) is 7.95. The second-order valence-electron chi connectivity index (χ2n) is 7.22. The Bertz CT molecular complexity index is 607. The number of anilines is 2. The molecule has 0 spiro atoms. The maximum absolute atomic E-state index is 12.8. The molecule has 1 saturated heterocycles. The average Bonchev–Trinajstić information content (AvgIpc) is 3.22. The normalized spacial score (nSPS) is 15.9. The van der Waals surface area contributed by atoms with Gasteiger partial charge in [-0.15, -0.1) is 0 Å². The molecular weight excluding hydrogens is 340 g/mol. The molecule has 1 aromatic rings. The van der Waals surface area contributed by atoms with E-state index < -0.39 is 6.04 Å². The van der Waals surface area contributed by atoms with E-state index in [0.29, 0.717) is 0 Å². The first-order valence-electron chi connectivity index (χ1n) is 10.2. The number of nitrogens with zero attached hydrogens (tertiary/aromatic N) is 2. The molecule has 0 aromatic heterocycles. The molecular formula is C21H34N4O2. The molecule has 6 heteroatoms. The first-order valence-corrected chi connectivity index (χ1v) is 10.2. The summed E-state index contributed by atoms with van der Waals surface area (Å²) in [4.78, 5) is 29.3. The zero-order chi connectivity index (χ0) is 19.8. The summed E-state index contributed by atoms with van der Waals surface area (Å²) in [5.74, 6) is -0.0982. The van der Waals surface area contributed by atoms with Gasteiger partial charge in [0.25, 0.3) is 0 Å². The molecule has 6 nitrogen and oxygen atoms in total. The lowest BCUT2D eigenvalue weighted by Crippen LogP contribution is -2.51. The fourth-order valence-corrected chi connectivity index (χ4v) is 3.41. The van der Waals surface area contributed by atoms with Crippen LogP contribution in [0, 0.1) is 5.92 Å². The van der Waals surface area contributed by atoms with Crippen molar-refractivity contribution < 1.29 is 9.59 Å². The Labute approximate surface area is 163 Å². The van der Waals surface area contributed by atoms with Crippen molar-refractivity contribution in [1.29, 1.82) is 0 Å². The molecule has 2 N–H and O–H groups in total. The van der Waals surface area contributed by atoms with Crippen molar-refractivity contribution in [3.8, 4) is 0 Å². The van der Waals surface area contributed by atoms with Crippen molar-refractivity contribution in [3.05, 3.63) is 24.3 Å². The van der Waals surface area contributed by atoms with Crippen molar-refractivity contribution in [2.75, 3.05) is 36.4 Å². The van der Waals surface area contributed by atoms with Crippen LogP contribution >= 0.6 is 0 Å². The lowest BCUT2D eigenvalue weighted by Gasteiger charge is -2.26. The van der Waals surface area contributed by atoms with Gasteiger partial charge in [-0.25, -0.2) is 4.79 Å². The number of urea groups is 1. The predicted octanol–water partition coefficient (Wildman–Crippen LogP) is 3.69. The van der Waals surface area contributed by atoms with Crippen LogP contribution in [0.25, 0.3) is 0 Å². The van der Waals surface area contributed by atoms with Crippen LogP contribution in [-0.4, -0.2) is 49.1 Å². The molecule has 1 heterocycles. The van der Waals surface area contributed by atoms with Crippen molar-refractivity contribution >= 4 is 23.3 Å². The monoisotopic (exact) mass is 374 g/mol. The van der Waals surface area contributed by atoms with Gasteiger partial charge in [0, 0.05) is 37.6 Å². The molecule has 0 saturated carbocycles. The van der Waals surface area contributed by atoms with E-state index in [2.05, 4.69) is 29.4 Å². The first-order chi connectivity index (χ1) is 13.0. The average molecular weight is 375 g/mol. The summed E-state index contributed by atoms with van der Waals surface area (Å²) < 4.78 is 0. The van der Waals surface area contributed by atoms with Crippen LogP contribution in [0.1, 0.15) is 47.0 Å². The summed E-state index contributed by atoms with van der Waals surface area (Å²) in [5.41, 5.74) is 1.89. The lowest BCUT2D eigenvalue weighted by molar-refractivity contribution is -0.119. The molecule has 1 aliphatic heterocycles. The lowest BCUT2D eigenvalue weighted by atomic mass is 9.98. The van der Waals surface area contributed by atoms with Crippen molar-refractivity contribution in [2.45, 2.75) is 53.0 Å². The molecule has 2 atom stereocenters. The van der Waals surface area contributed by atoms with Gasteiger partial charge in [0.1, 0.15) is 6.04 Å². The Balaban J connectivity index is 2.03. The van der Waals surface area contributed by atoms with E-state index in [1.54, 1.807) is 4.90 Å². The fourth-order valence-electron chi connectivity index (χ4n) is 3.41. The fraction of sp³-hybridized carbons (Fsp3) is 0.619. The maximum atomic E-state index is 12.8. The summed E-state index contributed by atoms with van der Waals surface area (Å²) in [6, 6.07) is 7.20. The Hall–Kier alpha value is -2.24. The van der Waals surface area contributed by atoms with E-state index in [-0.39, 0.29) is 17.9 Å². The van der Waals surface area contributed by atoms with E-state index in [1.807, 2.05) is 38.1 Å². The number of nitrogens with one attached hydrogen (secondary N) is 2. The third-order valence-corrected chi connectivity index (χ3v) is 5.43. The number of carbonyl (C=O) groups is 2. The number of hydrogen-bond acceptors (Lipinski definition) is 3. The molecule has 1 unspecified atom stereocenters. The van der Waals surface area contributed by atoms with Gasteiger partial charge in [-0.3, -0.25) is 4.79 Å². The van der Waals surface area contributed by atoms with E-state index in [4.69, 9.17) is 0 Å². The zero-order valence-electron chi connectivity index (χ0n) is 17.1. The van der Waals surface area contributed by atoms with Crippen LogP contribution in [0.3, 0.4) is 0 Å². The number of carbonyl (C=O) groups excluding carboxylic acids is 2. The van der Waals surface area contributed by atoms with Crippen molar-refractivity contribution in [3.63, 3.8) is 0 Å². The van der Waals surface area contributed by atoms with Crippen LogP contribution in [-0.2, 0) is 4.79 Å². The number of benzene rings is 1. The summed E-state index contributed by atoms with van der Waals surface area (Å²) in [6.07, 6.45) is 2.89. The summed E-state index contributed by atoms with van der Waals surface area (Å²) in [6.45, 7) is 11.7. The largest absolute Gasteiger partial charge is 0.372 e. The SMILES string of the molecule is CCC(C)[C@H](NC(=O)N1CCCC1)C(=O)Nc1ccc(N(CC)CC)cc1. The minimum absolute atomic E-state index is 0.0616. The number of likely N-dealkylation sites (tertiary alicyclic amines) is 1. The van der Waals surface area contributed by atoms with E-state index in [9.17, 15) is 9.59 Å². The quantitative estimate of drug-likeness (QED) is 0.729. The van der Waals surface area contributed by atoms with Gasteiger partial charge >= 0.3 is 6.03 Å². The molecule has 1 aliphatic rings. The summed E-state index contributed by atoms with van der Waals surface area (Å²) in [7, 11) is 0. The van der Waals surface area contributed by atoms with E-state index in [0.717, 1.165) is 56.8 Å². The number of amides is 3. The van der Waals surface area contributed by atoms with Crippen LogP contribution in [0.4, 0.5) is 16.2 Å². The number of rotatable bonds is 8. The van der Waals surface area contributed by atoms with Crippen LogP contribution in [0.15, 0.2) is 24.3 Å². The predicted molar refractivity (Wildman–Crippen MR) is 111 cm³/mol. The highest BCUT2D eigenvalue weighted by molar-refractivity contribution is 5.97. The van der Waals surface area contributed by atoms with Gasteiger partial charge in [-0.1, -0.05) is 20.3 Å². The van der Waals surface area contributed by atoms with Gasteiger partial charge in [-0.2, -0.15) is 0 Å². The zero-order valence-corrected chi connectivity index (χ0v) is 17.1. The molecule has 0 aliphatic carbocycles. The van der Waals surface area contributed by atoms with Crippen molar-refractivity contribution in [1.82, 2.24) is 10.2 Å². The Morgan fingerprint density at radius 2 is 1.67 bits per heavy atom. The highest BCUT2D eigenvalue weighted by Crippen LogP contribution is 2.19. The van der Waals surface area contributed by atoms with Crippen molar-refractivity contribution in [2.24, 2.45) is 5.92 Å². The third kappa shape index (κ3) is 5.62. The van der Waals surface area contributed by atoms with E-state index >= 15 is 0 Å². The maximum Gasteiger partial charge on any atom is 0.318 e. The second-order valence-corrected chi connectivity index (χ2v) is 7.22. The smallest absolute Gasteiger partial charge is 0.318 e. The van der Waals surface area contributed by atoms with Crippen LogP contribution in [0.2, 0.25) is 0 Å². The molecule has 3 amide bonds. The van der Waals surface area contributed by atoms with Gasteiger partial charge in [-0.05, 0) is 56.9 Å². The molecule has 2 rings (SSSR count). The third-order valence-electron chi connectivity index (χ3n) is 5.43. The minimum Gasteiger partial charge on any atom is -0.372 e. The number of hydrogen-bond donors (Lipinski definition) is 2. The van der Waals surface area contributed by atoms with Gasteiger partial charge in [0.05, 0.1) is 0 Å². The minimum atomic E-state index is -0.537. The van der Waals surface area contributed by atoms with Gasteiger partial charge in [0.2, 0.25) is 5.91 Å². The highest BCUT2D eigenvalue weighted by atomic mass is 16.2. The standard InChI is InChI=1S/C21H34N4O2/c1-5-16(4)19(23-21(27)25-14-8-9-15-25)20(26)22-17-10-12-18(13-11-17)24(6-2)7-3/h10-13,16,19H,5-9,14-15H2,1-4H3,(H,22,26)(H,23,27)/t16?,19-/m0/s1. The Morgan fingerprint density at radius 3 is 2.19 bits per heavy atom. The second kappa shape index (κ2) is 10.2. The molecule has 150 valence electrons. The summed E-state index contributed by atoms with van der Waals surface area (Å²) in [5, 5.41) is 5.91. The highest BCUT2D eigenvalue weighted by Gasteiger charge is 2.28. The molecule has 1 fully saturated rings. The van der Waals surface area contributed by atoms with Crippen LogP contribution in [0.5, 0.6) is 0 Å². The molecule has 1 aromatic carbocycles. The topological polar surface area (TPSA) is 64.7 Å².